The van der Waals surface area contributed by atoms with E-state index in [0.717, 1.165) is 43.0 Å². The van der Waals surface area contributed by atoms with Crippen LogP contribution in [-0.4, -0.2) is 29.3 Å². The fourth-order valence-electron chi connectivity index (χ4n) is 4.35. The summed E-state index contributed by atoms with van der Waals surface area (Å²) in [5.74, 6) is 0.584. The average Bonchev–Trinajstić information content (AvgIpc) is 3.09. The van der Waals surface area contributed by atoms with Gasteiger partial charge in [-0.15, -0.1) is 0 Å². The highest BCUT2D eigenvalue weighted by atomic mass is 16.2. The van der Waals surface area contributed by atoms with E-state index in [1.165, 1.54) is 32.1 Å². The van der Waals surface area contributed by atoms with E-state index in [1.807, 2.05) is 24.3 Å². The third kappa shape index (κ3) is 5.31. The fraction of sp³-hybridized carbons (Fsp3) is 0.619. The van der Waals surface area contributed by atoms with Crippen LogP contribution in [0.2, 0.25) is 0 Å². The molecule has 0 radical (unpaired) electrons. The van der Waals surface area contributed by atoms with Gasteiger partial charge in [-0.2, -0.15) is 0 Å². The Balaban J connectivity index is 1.50. The monoisotopic (exact) mass is 357 g/mol. The number of nitrogens with one attached hydrogen (secondary N) is 1. The molecule has 2 fully saturated rings. The molecule has 1 unspecified atom stereocenters. The van der Waals surface area contributed by atoms with Crippen LogP contribution in [0.15, 0.2) is 24.3 Å². The van der Waals surface area contributed by atoms with Crippen molar-refractivity contribution in [2.45, 2.75) is 70.4 Å². The zero-order valence-electron chi connectivity index (χ0n) is 15.6. The van der Waals surface area contributed by atoms with Crippen LogP contribution in [0.25, 0.3) is 0 Å². The smallest absolute Gasteiger partial charge is 0.234 e. The topological polar surface area (TPSA) is 75.4 Å². The number of carbonyl (C=O) groups excluding carboxylic acids is 2. The predicted molar refractivity (Wildman–Crippen MR) is 104 cm³/mol. The number of hydrogen-bond acceptors (Lipinski definition) is 3. The van der Waals surface area contributed by atoms with E-state index in [-0.39, 0.29) is 17.9 Å². The molecule has 1 saturated heterocycles. The summed E-state index contributed by atoms with van der Waals surface area (Å²) in [7, 11) is 0. The zero-order valence-corrected chi connectivity index (χ0v) is 15.6. The highest BCUT2D eigenvalue weighted by Gasteiger charge is 2.28. The van der Waals surface area contributed by atoms with Gasteiger partial charge in [0.05, 0.1) is 6.04 Å². The van der Waals surface area contributed by atoms with Crippen molar-refractivity contribution in [3.8, 4) is 0 Å². The normalized spacial score (nSPS) is 21.6. The first-order chi connectivity index (χ1) is 12.6. The third-order valence-corrected chi connectivity index (χ3v) is 5.79. The van der Waals surface area contributed by atoms with Gasteiger partial charge in [0.25, 0.3) is 0 Å². The highest BCUT2D eigenvalue weighted by Crippen LogP contribution is 2.27. The summed E-state index contributed by atoms with van der Waals surface area (Å²) >= 11 is 0. The molecule has 3 N–H and O–H groups in total. The lowest BCUT2D eigenvalue weighted by Gasteiger charge is -2.22. The minimum atomic E-state index is -0.241. The van der Waals surface area contributed by atoms with E-state index >= 15 is 0 Å². The summed E-state index contributed by atoms with van der Waals surface area (Å²) in [4.78, 5) is 25.9. The van der Waals surface area contributed by atoms with Gasteiger partial charge in [-0.25, -0.2) is 0 Å². The van der Waals surface area contributed by atoms with Crippen molar-refractivity contribution in [3.05, 3.63) is 29.8 Å². The third-order valence-electron chi connectivity index (χ3n) is 5.79. The van der Waals surface area contributed by atoms with Gasteiger partial charge < -0.3 is 11.1 Å². The molecule has 1 aliphatic carbocycles. The summed E-state index contributed by atoms with van der Waals surface area (Å²) in [6.45, 7) is 1.59. The van der Waals surface area contributed by atoms with E-state index in [4.69, 9.17) is 5.73 Å². The van der Waals surface area contributed by atoms with Crippen molar-refractivity contribution in [2.24, 2.45) is 11.7 Å². The SMILES string of the molecule is NC(=O)C1CCCN1Cc1cccc(NC(=O)CCC2CCCCC2)c1. The summed E-state index contributed by atoms with van der Waals surface area (Å²) in [5, 5.41) is 3.03. The summed E-state index contributed by atoms with van der Waals surface area (Å²) < 4.78 is 0. The molecule has 5 nitrogen and oxygen atoms in total. The molecule has 1 aromatic rings. The number of rotatable bonds is 7. The standard InChI is InChI=1S/C21H31N3O2/c22-21(26)19-10-5-13-24(19)15-17-8-4-9-18(14-17)23-20(25)12-11-16-6-2-1-3-7-16/h4,8-9,14,16,19H,1-3,5-7,10-13,15H2,(H2,22,26)(H,23,25). The van der Waals surface area contributed by atoms with Crippen molar-refractivity contribution < 1.29 is 9.59 Å². The minimum absolute atomic E-state index is 0.101. The molecular weight excluding hydrogens is 326 g/mol. The molecule has 1 saturated carbocycles. The zero-order chi connectivity index (χ0) is 18.4. The van der Waals surface area contributed by atoms with Gasteiger partial charge in [0.1, 0.15) is 0 Å². The molecular formula is C21H31N3O2. The highest BCUT2D eigenvalue weighted by molar-refractivity contribution is 5.90. The van der Waals surface area contributed by atoms with Crippen LogP contribution in [0, 0.1) is 5.92 Å². The molecule has 1 aromatic carbocycles. The van der Waals surface area contributed by atoms with Crippen molar-refractivity contribution in [1.82, 2.24) is 4.90 Å². The van der Waals surface area contributed by atoms with Crippen LogP contribution in [-0.2, 0) is 16.1 Å². The number of carbonyl (C=O) groups is 2. The Labute approximate surface area is 156 Å². The summed E-state index contributed by atoms with van der Waals surface area (Å²) in [5.41, 5.74) is 7.43. The number of hydrogen-bond donors (Lipinski definition) is 2. The fourth-order valence-corrected chi connectivity index (χ4v) is 4.35. The van der Waals surface area contributed by atoms with Crippen LogP contribution in [0.1, 0.15) is 63.4 Å². The van der Waals surface area contributed by atoms with Gasteiger partial charge in [-0.05, 0) is 49.4 Å². The maximum Gasteiger partial charge on any atom is 0.234 e. The quantitative estimate of drug-likeness (QED) is 0.785. The van der Waals surface area contributed by atoms with Crippen LogP contribution < -0.4 is 11.1 Å². The Morgan fingerprint density at radius 3 is 2.69 bits per heavy atom. The van der Waals surface area contributed by atoms with Crippen LogP contribution in [0.4, 0.5) is 5.69 Å². The molecule has 26 heavy (non-hydrogen) atoms. The molecule has 2 amide bonds. The Morgan fingerprint density at radius 1 is 1.12 bits per heavy atom. The molecule has 0 bridgehead atoms. The first-order valence-corrected chi connectivity index (χ1v) is 10.0. The Hall–Kier alpha value is -1.88. The molecule has 142 valence electrons. The maximum atomic E-state index is 12.3. The van der Waals surface area contributed by atoms with E-state index in [9.17, 15) is 9.59 Å². The number of nitrogens with zero attached hydrogens (tertiary/aromatic N) is 1. The number of anilines is 1. The van der Waals surface area contributed by atoms with Gasteiger partial charge >= 0.3 is 0 Å². The molecule has 1 atom stereocenters. The van der Waals surface area contributed by atoms with Crippen molar-refractivity contribution >= 4 is 17.5 Å². The van der Waals surface area contributed by atoms with Gasteiger partial charge in [0.2, 0.25) is 11.8 Å². The van der Waals surface area contributed by atoms with Crippen molar-refractivity contribution in [1.29, 1.82) is 0 Å². The molecule has 0 aromatic heterocycles. The number of benzene rings is 1. The summed E-state index contributed by atoms with van der Waals surface area (Å²) in [6, 6.07) is 7.77. The van der Waals surface area contributed by atoms with Crippen LogP contribution in [0.3, 0.4) is 0 Å². The Morgan fingerprint density at radius 2 is 1.92 bits per heavy atom. The molecule has 1 heterocycles. The van der Waals surface area contributed by atoms with E-state index in [0.29, 0.717) is 13.0 Å². The van der Waals surface area contributed by atoms with Gasteiger partial charge in [-0.1, -0.05) is 44.2 Å². The molecule has 5 heteroatoms. The second-order valence-corrected chi connectivity index (χ2v) is 7.82. The number of amides is 2. The van der Waals surface area contributed by atoms with Gasteiger partial charge in [-0.3, -0.25) is 14.5 Å². The predicted octanol–water partition coefficient (Wildman–Crippen LogP) is 3.44. The van der Waals surface area contributed by atoms with Crippen LogP contribution in [0.5, 0.6) is 0 Å². The van der Waals surface area contributed by atoms with Crippen LogP contribution >= 0.6 is 0 Å². The lowest BCUT2D eigenvalue weighted by Crippen LogP contribution is -2.39. The first kappa shape index (κ1) is 18.9. The van der Waals surface area contributed by atoms with Crippen molar-refractivity contribution in [3.63, 3.8) is 0 Å². The van der Waals surface area contributed by atoms with E-state index in [1.54, 1.807) is 0 Å². The van der Waals surface area contributed by atoms with E-state index < -0.39 is 0 Å². The number of nitrogens with two attached hydrogens (primary N) is 1. The second-order valence-electron chi connectivity index (χ2n) is 7.82. The van der Waals surface area contributed by atoms with Gasteiger partial charge in [0, 0.05) is 18.7 Å². The second kappa shape index (κ2) is 9.17. The molecule has 2 aliphatic rings. The Bertz CT molecular complexity index is 625. The number of likely N-dealkylation sites (tertiary alicyclic amines) is 1. The maximum absolute atomic E-state index is 12.3. The lowest BCUT2D eigenvalue weighted by molar-refractivity contribution is -0.122. The molecule has 1 aliphatic heterocycles. The summed E-state index contributed by atoms with van der Waals surface area (Å²) in [6.07, 6.45) is 9.99. The molecule has 0 spiro atoms. The average molecular weight is 357 g/mol. The lowest BCUT2D eigenvalue weighted by atomic mass is 9.86. The van der Waals surface area contributed by atoms with Crippen molar-refractivity contribution in [2.75, 3.05) is 11.9 Å². The van der Waals surface area contributed by atoms with E-state index in [2.05, 4.69) is 10.2 Å². The van der Waals surface area contributed by atoms with Gasteiger partial charge in [0.15, 0.2) is 0 Å². The largest absolute Gasteiger partial charge is 0.368 e. The Kier molecular flexibility index (Phi) is 6.67. The minimum Gasteiger partial charge on any atom is -0.368 e. The number of primary amides is 1. The molecule has 3 rings (SSSR count). The first-order valence-electron chi connectivity index (χ1n) is 10.0.